The zero-order valence-corrected chi connectivity index (χ0v) is 18.5. The Morgan fingerprint density at radius 2 is 2.12 bits per heavy atom. The van der Waals surface area contributed by atoms with Gasteiger partial charge in [-0.2, -0.15) is 0 Å². The summed E-state index contributed by atoms with van der Waals surface area (Å²) >= 11 is 0. The van der Waals surface area contributed by atoms with E-state index in [0.717, 1.165) is 70.9 Å². The minimum Gasteiger partial charge on any atom is -0.493 e. The number of hydrogen-bond acceptors (Lipinski definition) is 5. The molecular formula is C27H27NO4. The monoisotopic (exact) mass is 429 g/mol. The Morgan fingerprint density at radius 1 is 1.28 bits per heavy atom. The normalized spacial score (nSPS) is 31.7. The maximum atomic E-state index is 12.7. The van der Waals surface area contributed by atoms with Crippen molar-refractivity contribution < 1.29 is 19.0 Å². The fraction of sp³-hybridized carbons (Fsp3) is 0.407. The smallest absolute Gasteiger partial charge is 0.169 e. The van der Waals surface area contributed by atoms with Crippen LogP contribution in [0.15, 0.2) is 53.0 Å². The topological polar surface area (TPSA) is 55.1 Å². The van der Waals surface area contributed by atoms with E-state index < -0.39 is 11.0 Å². The lowest BCUT2D eigenvalue weighted by atomic mass is 9.49. The number of para-hydroxylation sites is 1. The summed E-state index contributed by atoms with van der Waals surface area (Å²) in [7, 11) is 1.68. The Kier molecular flexibility index (Phi) is 3.50. The van der Waals surface area contributed by atoms with Gasteiger partial charge in [-0.15, -0.1) is 0 Å². The molecular weight excluding hydrogens is 402 g/mol. The van der Waals surface area contributed by atoms with E-state index in [1.54, 1.807) is 7.11 Å². The zero-order chi connectivity index (χ0) is 21.8. The summed E-state index contributed by atoms with van der Waals surface area (Å²) < 4.78 is 18.9. The van der Waals surface area contributed by atoms with Crippen LogP contribution < -0.4 is 9.47 Å². The number of methoxy groups -OCH3 is 1. The third-order valence-corrected chi connectivity index (χ3v) is 8.42. The molecule has 7 rings (SSSR count). The van der Waals surface area contributed by atoms with E-state index >= 15 is 0 Å². The van der Waals surface area contributed by atoms with Crippen molar-refractivity contribution in [2.75, 3.05) is 20.2 Å². The Bertz CT molecular complexity index is 1310. The van der Waals surface area contributed by atoms with Crippen LogP contribution in [-0.4, -0.2) is 41.8 Å². The van der Waals surface area contributed by atoms with Crippen molar-refractivity contribution in [3.63, 3.8) is 0 Å². The number of aliphatic hydroxyl groups is 1. The van der Waals surface area contributed by atoms with E-state index in [0.29, 0.717) is 6.42 Å². The third kappa shape index (κ3) is 1.98. The molecule has 2 aliphatic heterocycles. The van der Waals surface area contributed by atoms with E-state index in [1.807, 2.05) is 24.3 Å². The van der Waals surface area contributed by atoms with E-state index in [-0.39, 0.29) is 12.1 Å². The quantitative estimate of drug-likeness (QED) is 0.629. The second kappa shape index (κ2) is 5.97. The van der Waals surface area contributed by atoms with Gasteiger partial charge in [-0.25, -0.2) is 0 Å². The molecule has 1 N–H and O–H groups in total. The average molecular weight is 430 g/mol. The molecule has 1 spiro atoms. The molecule has 2 unspecified atom stereocenters. The minimum absolute atomic E-state index is 0.00675. The van der Waals surface area contributed by atoms with Gasteiger partial charge in [0.25, 0.3) is 0 Å². The molecule has 0 radical (unpaired) electrons. The number of benzene rings is 2. The first kappa shape index (κ1) is 18.8. The van der Waals surface area contributed by atoms with Crippen molar-refractivity contribution in [1.82, 2.24) is 4.90 Å². The molecule has 4 aliphatic rings. The molecule has 1 fully saturated rings. The van der Waals surface area contributed by atoms with Gasteiger partial charge in [-0.1, -0.05) is 36.4 Å². The summed E-state index contributed by atoms with van der Waals surface area (Å²) in [6.45, 7) is 7.92. The second-order valence-electron chi connectivity index (χ2n) is 10.0. The first-order chi connectivity index (χ1) is 15.5. The predicted octanol–water partition coefficient (Wildman–Crippen LogP) is 4.31. The van der Waals surface area contributed by atoms with E-state index in [9.17, 15) is 5.11 Å². The van der Waals surface area contributed by atoms with Gasteiger partial charge in [0.05, 0.1) is 18.1 Å². The van der Waals surface area contributed by atoms with Crippen LogP contribution in [0.3, 0.4) is 0 Å². The number of furan rings is 1. The Hall–Kier alpha value is -2.76. The lowest BCUT2D eigenvalue weighted by Crippen LogP contribution is -2.74. The van der Waals surface area contributed by atoms with E-state index in [2.05, 4.69) is 30.5 Å². The molecule has 32 heavy (non-hydrogen) atoms. The van der Waals surface area contributed by atoms with Gasteiger partial charge in [0.15, 0.2) is 17.6 Å². The molecule has 164 valence electrons. The molecule has 2 aliphatic carbocycles. The van der Waals surface area contributed by atoms with Crippen molar-refractivity contribution in [3.8, 4) is 11.5 Å². The van der Waals surface area contributed by atoms with Crippen LogP contribution in [0.2, 0.25) is 0 Å². The number of ether oxygens (including phenoxy) is 2. The molecule has 0 saturated carbocycles. The molecule has 1 aromatic heterocycles. The Morgan fingerprint density at radius 3 is 2.94 bits per heavy atom. The molecule has 0 amide bonds. The van der Waals surface area contributed by atoms with E-state index in [1.165, 1.54) is 5.56 Å². The number of hydrogen-bond donors (Lipinski definition) is 1. The number of piperidine rings is 1. The summed E-state index contributed by atoms with van der Waals surface area (Å²) in [4.78, 5) is 2.43. The highest BCUT2D eigenvalue weighted by molar-refractivity contribution is 5.84. The zero-order valence-electron chi connectivity index (χ0n) is 18.5. The highest BCUT2D eigenvalue weighted by Crippen LogP contribution is 2.69. The first-order valence-electron chi connectivity index (χ1n) is 11.5. The van der Waals surface area contributed by atoms with Crippen molar-refractivity contribution in [2.45, 2.75) is 49.3 Å². The summed E-state index contributed by atoms with van der Waals surface area (Å²) in [5.74, 6) is 2.39. The van der Waals surface area contributed by atoms with Gasteiger partial charge in [0.2, 0.25) is 0 Å². The molecule has 3 aromatic rings. The lowest BCUT2D eigenvalue weighted by molar-refractivity contribution is -0.173. The van der Waals surface area contributed by atoms with Crippen LogP contribution in [0.5, 0.6) is 11.5 Å². The maximum absolute atomic E-state index is 12.7. The Balaban J connectivity index is 1.54. The molecule has 1 saturated heterocycles. The van der Waals surface area contributed by atoms with E-state index in [4.69, 9.17) is 13.9 Å². The molecule has 2 aromatic carbocycles. The third-order valence-electron chi connectivity index (χ3n) is 8.42. The van der Waals surface area contributed by atoms with Crippen LogP contribution in [0, 0.1) is 0 Å². The number of likely N-dealkylation sites (tertiary alicyclic amines) is 1. The van der Waals surface area contributed by atoms with Crippen LogP contribution >= 0.6 is 0 Å². The van der Waals surface area contributed by atoms with Gasteiger partial charge >= 0.3 is 0 Å². The highest BCUT2D eigenvalue weighted by Gasteiger charge is 2.73. The van der Waals surface area contributed by atoms with Gasteiger partial charge in [0.1, 0.15) is 11.3 Å². The number of rotatable bonds is 3. The minimum atomic E-state index is -0.963. The maximum Gasteiger partial charge on any atom is 0.169 e. The standard InChI is InChI=1S/C27H27NO4/c1-15(2)14-28-11-10-26-22-16-8-9-20(30-3)24(22)32-25(26)23-18(13-27(26,29)21(28)12-16)17-6-4-5-7-19(17)31-23/h4-9,21,25,29H,1,10-14H2,2-3H3/t21?,25?,26-,27+/m0/s1. The Labute approximate surface area is 187 Å². The summed E-state index contributed by atoms with van der Waals surface area (Å²) in [6, 6.07) is 12.3. The number of nitrogens with zero attached hydrogens (tertiary/aromatic N) is 1. The molecule has 5 nitrogen and oxygen atoms in total. The van der Waals surface area contributed by atoms with Crippen molar-refractivity contribution in [1.29, 1.82) is 0 Å². The molecule has 4 atom stereocenters. The first-order valence-corrected chi connectivity index (χ1v) is 11.5. The van der Waals surface area contributed by atoms with Crippen molar-refractivity contribution >= 4 is 11.0 Å². The fourth-order valence-corrected chi connectivity index (χ4v) is 7.26. The molecule has 5 heteroatoms. The summed E-state index contributed by atoms with van der Waals surface area (Å²) in [5, 5.41) is 13.8. The van der Waals surface area contributed by atoms with Gasteiger partial charge in [-0.05, 0) is 37.5 Å². The van der Waals surface area contributed by atoms with Crippen molar-refractivity contribution in [2.24, 2.45) is 0 Å². The molecule has 2 bridgehead atoms. The SMILES string of the molecule is C=C(C)CN1CC[C@]23c4c5ccc(OC)c4OC2c2oc4ccccc4c2C[C@@]3(O)C1C5. The predicted molar refractivity (Wildman–Crippen MR) is 121 cm³/mol. The van der Waals surface area contributed by atoms with Crippen LogP contribution in [-0.2, 0) is 18.3 Å². The lowest BCUT2D eigenvalue weighted by Gasteiger charge is -2.62. The highest BCUT2D eigenvalue weighted by atomic mass is 16.5. The second-order valence-corrected chi connectivity index (χ2v) is 10.0. The fourth-order valence-electron chi connectivity index (χ4n) is 7.26. The van der Waals surface area contributed by atoms with Crippen LogP contribution in [0.4, 0.5) is 0 Å². The van der Waals surface area contributed by atoms with Gasteiger partial charge in [-0.3, -0.25) is 4.90 Å². The largest absolute Gasteiger partial charge is 0.493 e. The van der Waals surface area contributed by atoms with Crippen LogP contribution in [0.1, 0.15) is 41.9 Å². The average Bonchev–Trinajstić information content (AvgIpc) is 3.30. The summed E-state index contributed by atoms with van der Waals surface area (Å²) in [5.41, 5.74) is 3.95. The number of fused-ring (bicyclic) bond motifs is 4. The van der Waals surface area contributed by atoms with Gasteiger partial charge in [0, 0.05) is 42.1 Å². The summed E-state index contributed by atoms with van der Waals surface area (Å²) in [6.07, 6.45) is 1.80. The van der Waals surface area contributed by atoms with Crippen LogP contribution in [0.25, 0.3) is 11.0 Å². The van der Waals surface area contributed by atoms with Crippen molar-refractivity contribution in [3.05, 3.63) is 71.0 Å². The van der Waals surface area contributed by atoms with Gasteiger partial charge < -0.3 is 19.0 Å². The molecule has 3 heterocycles.